The molecule has 0 heterocycles. The number of aliphatic hydroxyl groups excluding tert-OH is 1. The van der Waals surface area contributed by atoms with Crippen molar-refractivity contribution in [3.8, 4) is 0 Å². The monoisotopic (exact) mass is 339 g/mol. The van der Waals surface area contributed by atoms with Crippen LogP contribution < -0.4 is 4.72 Å². The standard InChI is InChI=1S/C13H19Cl2NO3S/c1-8(2)9(3)6-16-20(18,19)12-5-4-11(14)10(7-17)13(12)15/h4-5,8-9,16-17H,6-7H2,1-3H3. The van der Waals surface area contributed by atoms with Crippen LogP contribution in [0.4, 0.5) is 0 Å². The molecule has 0 saturated heterocycles. The van der Waals surface area contributed by atoms with E-state index in [9.17, 15) is 13.5 Å². The molecule has 4 nitrogen and oxygen atoms in total. The summed E-state index contributed by atoms with van der Waals surface area (Å²) in [4.78, 5) is -0.0661. The highest BCUT2D eigenvalue weighted by Gasteiger charge is 2.22. The number of rotatable bonds is 6. The van der Waals surface area contributed by atoms with Gasteiger partial charge in [-0.05, 0) is 24.0 Å². The Labute approximate surface area is 130 Å². The zero-order valence-electron chi connectivity index (χ0n) is 11.7. The number of hydrogen-bond donors (Lipinski definition) is 2. The van der Waals surface area contributed by atoms with Crippen molar-refractivity contribution in [3.05, 3.63) is 27.7 Å². The fraction of sp³-hybridized carbons (Fsp3) is 0.538. The molecule has 0 aliphatic heterocycles. The summed E-state index contributed by atoms with van der Waals surface area (Å²) in [7, 11) is -3.72. The molecule has 20 heavy (non-hydrogen) atoms. The molecule has 1 aromatic carbocycles. The van der Waals surface area contributed by atoms with Gasteiger partial charge in [0, 0.05) is 17.1 Å². The molecule has 1 aromatic rings. The van der Waals surface area contributed by atoms with Gasteiger partial charge in [-0.2, -0.15) is 0 Å². The maximum Gasteiger partial charge on any atom is 0.242 e. The van der Waals surface area contributed by atoms with E-state index in [1.807, 2.05) is 20.8 Å². The predicted octanol–water partition coefficient (Wildman–Crippen LogP) is 3.06. The van der Waals surface area contributed by atoms with Gasteiger partial charge < -0.3 is 5.11 Å². The van der Waals surface area contributed by atoms with Crippen molar-refractivity contribution in [1.29, 1.82) is 0 Å². The minimum Gasteiger partial charge on any atom is -0.392 e. The number of hydrogen-bond acceptors (Lipinski definition) is 3. The van der Waals surface area contributed by atoms with Crippen LogP contribution in [0.1, 0.15) is 26.3 Å². The van der Waals surface area contributed by atoms with Crippen molar-refractivity contribution in [3.63, 3.8) is 0 Å². The first-order chi connectivity index (χ1) is 9.20. The third kappa shape index (κ3) is 4.09. The smallest absolute Gasteiger partial charge is 0.242 e. The molecule has 0 aliphatic rings. The molecule has 0 fully saturated rings. The van der Waals surface area contributed by atoms with Crippen molar-refractivity contribution in [2.45, 2.75) is 32.3 Å². The second-order valence-electron chi connectivity index (χ2n) is 5.07. The Morgan fingerprint density at radius 3 is 2.35 bits per heavy atom. The van der Waals surface area contributed by atoms with Gasteiger partial charge >= 0.3 is 0 Å². The molecule has 0 amide bonds. The first kappa shape index (κ1) is 17.7. The lowest BCUT2D eigenvalue weighted by atomic mass is 9.99. The van der Waals surface area contributed by atoms with Crippen molar-refractivity contribution >= 4 is 33.2 Å². The lowest BCUT2D eigenvalue weighted by Crippen LogP contribution is -2.30. The van der Waals surface area contributed by atoms with Gasteiger partial charge in [0.15, 0.2) is 0 Å². The Bertz CT molecular complexity index is 573. The topological polar surface area (TPSA) is 66.4 Å². The van der Waals surface area contributed by atoms with Crippen LogP contribution in [-0.2, 0) is 16.6 Å². The van der Waals surface area contributed by atoms with Crippen LogP contribution in [0.3, 0.4) is 0 Å². The van der Waals surface area contributed by atoms with Crippen LogP contribution in [0.2, 0.25) is 10.0 Å². The molecular formula is C13H19Cl2NO3S. The highest BCUT2D eigenvalue weighted by atomic mass is 35.5. The lowest BCUT2D eigenvalue weighted by molar-refractivity contribution is 0.281. The Hall–Kier alpha value is -0.330. The first-order valence-electron chi connectivity index (χ1n) is 6.28. The maximum absolute atomic E-state index is 12.2. The summed E-state index contributed by atoms with van der Waals surface area (Å²) in [6, 6.07) is 2.76. The Balaban J connectivity index is 3.05. The van der Waals surface area contributed by atoms with E-state index in [2.05, 4.69) is 4.72 Å². The van der Waals surface area contributed by atoms with Crippen molar-refractivity contribution in [2.24, 2.45) is 11.8 Å². The molecule has 1 atom stereocenters. The zero-order valence-corrected chi connectivity index (χ0v) is 14.0. The summed E-state index contributed by atoms with van der Waals surface area (Å²) in [6.45, 7) is 5.93. The highest BCUT2D eigenvalue weighted by molar-refractivity contribution is 7.89. The van der Waals surface area contributed by atoms with Crippen LogP contribution in [0.15, 0.2) is 17.0 Å². The molecule has 7 heteroatoms. The highest BCUT2D eigenvalue weighted by Crippen LogP contribution is 2.31. The molecule has 0 aromatic heterocycles. The van der Waals surface area contributed by atoms with E-state index in [1.165, 1.54) is 12.1 Å². The van der Waals surface area contributed by atoms with E-state index in [1.54, 1.807) is 0 Å². The molecular weight excluding hydrogens is 321 g/mol. The van der Waals surface area contributed by atoms with Crippen LogP contribution in [0, 0.1) is 11.8 Å². The third-order valence-electron chi connectivity index (χ3n) is 3.33. The fourth-order valence-corrected chi connectivity index (χ4v) is 3.52. The van der Waals surface area contributed by atoms with E-state index >= 15 is 0 Å². The average molecular weight is 340 g/mol. The van der Waals surface area contributed by atoms with E-state index < -0.39 is 16.6 Å². The second kappa shape index (κ2) is 7.09. The summed E-state index contributed by atoms with van der Waals surface area (Å²) >= 11 is 11.9. The van der Waals surface area contributed by atoms with Gasteiger partial charge in [-0.3, -0.25) is 0 Å². The Morgan fingerprint density at radius 2 is 1.85 bits per heavy atom. The second-order valence-corrected chi connectivity index (χ2v) is 7.59. The van der Waals surface area contributed by atoms with Gasteiger partial charge in [-0.1, -0.05) is 44.0 Å². The molecule has 0 bridgehead atoms. The number of halogens is 2. The number of benzene rings is 1. The average Bonchev–Trinajstić information content (AvgIpc) is 2.36. The molecule has 2 N–H and O–H groups in total. The molecule has 114 valence electrons. The van der Waals surface area contributed by atoms with Crippen molar-refractivity contribution in [2.75, 3.05) is 6.54 Å². The number of sulfonamides is 1. The van der Waals surface area contributed by atoms with Crippen LogP contribution in [-0.4, -0.2) is 20.1 Å². The summed E-state index contributed by atoms with van der Waals surface area (Å²) in [5, 5.41) is 9.40. The van der Waals surface area contributed by atoms with Gasteiger partial charge in [0.05, 0.1) is 11.6 Å². The van der Waals surface area contributed by atoms with Gasteiger partial charge in [0.1, 0.15) is 4.90 Å². The molecule has 0 spiro atoms. The lowest BCUT2D eigenvalue weighted by Gasteiger charge is -2.17. The van der Waals surface area contributed by atoms with Gasteiger partial charge in [-0.25, -0.2) is 13.1 Å². The van der Waals surface area contributed by atoms with Crippen LogP contribution in [0.5, 0.6) is 0 Å². The maximum atomic E-state index is 12.2. The normalized spacial score (nSPS) is 13.8. The summed E-state index contributed by atoms with van der Waals surface area (Å²) < 4.78 is 27.0. The minimum atomic E-state index is -3.72. The quantitative estimate of drug-likeness (QED) is 0.836. The SMILES string of the molecule is CC(C)C(C)CNS(=O)(=O)c1ccc(Cl)c(CO)c1Cl. The van der Waals surface area contributed by atoms with Gasteiger partial charge in [0.2, 0.25) is 10.0 Å². The van der Waals surface area contributed by atoms with E-state index in [0.717, 1.165) is 0 Å². The van der Waals surface area contributed by atoms with Crippen molar-refractivity contribution < 1.29 is 13.5 Å². The first-order valence-corrected chi connectivity index (χ1v) is 8.52. The third-order valence-corrected chi connectivity index (χ3v) is 5.70. The molecule has 1 unspecified atom stereocenters. The largest absolute Gasteiger partial charge is 0.392 e. The van der Waals surface area contributed by atoms with E-state index in [-0.39, 0.29) is 26.4 Å². The van der Waals surface area contributed by atoms with Crippen LogP contribution >= 0.6 is 23.2 Å². The summed E-state index contributed by atoms with van der Waals surface area (Å²) in [5.41, 5.74) is 0.216. The molecule has 0 radical (unpaired) electrons. The fourth-order valence-electron chi connectivity index (χ4n) is 1.48. The Morgan fingerprint density at radius 1 is 1.25 bits per heavy atom. The van der Waals surface area contributed by atoms with E-state index in [0.29, 0.717) is 12.5 Å². The number of nitrogens with one attached hydrogen (secondary N) is 1. The molecule has 1 rings (SSSR count). The zero-order chi connectivity index (χ0) is 15.5. The summed E-state index contributed by atoms with van der Waals surface area (Å²) in [5.74, 6) is 0.569. The van der Waals surface area contributed by atoms with Crippen LogP contribution in [0.25, 0.3) is 0 Å². The summed E-state index contributed by atoms with van der Waals surface area (Å²) in [6.07, 6.45) is 0. The predicted molar refractivity (Wildman–Crippen MR) is 81.6 cm³/mol. The molecule has 0 saturated carbocycles. The van der Waals surface area contributed by atoms with Gasteiger partial charge in [-0.15, -0.1) is 0 Å². The van der Waals surface area contributed by atoms with Gasteiger partial charge in [0.25, 0.3) is 0 Å². The minimum absolute atomic E-state index is 0.0373. The van der Waals surface area contributed by atoms with Crippen molar-refractivity contribution in [1.82, 2.24) is 4.72 Å². The Kier molecular flexibility index (Phi) is 6.28. The molecule has 0 aliphatic carbocycles. The van der Waals surface area contributed by atoms with E-state index in [4.69, 9.17) is 23.2 Å². The number of aliphatic hydroxyl groups is 1.